The van der Waals surface area contributed by atoms with Gasteiger partial charge < -0.3 is 25.7 Å². The van der Waals surface area contributed by atoms with Crippen molar-refractivity contribution in [2.24, 2.45) is 0 Å². The molecule has 0 spiro atoms. The number of rotatable bonds is 59. The summed E-state index contributed by atoms with van der Waals surface area (Å²) in [5.74, 6) is -0.594. The second-order valence-corrected chi connectivity index (χ2v) is 22.1. The van der Waals surface area contributed by atoms with Crippen molar-refractivity contribution < 1.29 is 25.2 Å². The predicted molar refractivity (Wildman–Crippen MR) is 311 cm³/mol. The maximum absolute atomic E-state index is 12.6. The molecule has 0 aliphatic heterocycles. The van der Waals surface area contributed by atoms with Gasteiger partial charge in [-0.25, -0.2) is 0 Å². The van der Waals surface area contributed by atoms with Gasteiger partial charge in [-0.15, -0.1) is 0 Å². The molecular formula is C65H125NO5. The first-order chi connectivity index (χ1) is 35.0. The van der Waals surface area contributed by atoms with E-state index in [2.05, 4.69) is 55.6 Å². The molecule has 0 aromatic carbocycles. The van der Waals surface area contributed by atoms with E-state index in [1.165, 1.54) is 257 Å². The van der Waals surface area contributed by atoms with E-state index in [-0.39, 0.29) is 0 Å². The number of aliphatic hydroxyl groups is 4. The van der Waals surface area contributed by atoms with Crippen LogP contribution in [0, 0.1) is 0 Å². The SMILES string of the molecule is CCCCCCCCCCCCCCCCCCC/C=C/CC/C=C/CC/C=C/CCCC(O)C(O)C(CO)NC(=O)C(O)CCCCCCCCCCCCCCCCCCCCCCCCCCC. The number of nitrogens with one attached hydrogen (secondary N) is 1. The summed E-state index contributed by atoms with van der Waals surface area (Å²) >= 11 is 0. The molecule has 71 heavy (non-hydrogen) atoms. The fourth-order valence-corrected chi connectivity index (χ4v) is 10.1. The topological polar surface area (TPSA) is 110 Å². The summed E-state index contributed by atoms with van der Waals surface area (Å²) in [6.45, 7) is 4.08. The molecule has 420 valence electrons. The van der Waals surface area contributed by atoms with E-state index >= 15 is 0 Å². The molecule has 0 radical (unpaired) electrons. The first kappa shape index (κ1) is 69.5. The largest absolute Gasteiger partial charge is 0.394 e. The Hall–Kier alpha value is -1.47. The monoisotopic (exact) mass is 1000 g/mol. The number of allylic oxidation sites excluding steroid dienone is 6. The highest BCUT2D eigenvalue weighted by Crippen LogP contribution is 2.18. The van der Waals surface area contributed by atoms with Crippen LogP contribution in [-0.2, 0) is 4.79 Å². The number of hydrogen-bond acceptors (Lipinski definition) is 5. The quantitative estimate of drug-likeness (QED) is 0.0308. The molecule has 0 saturated carbocycles. The molecule has 5 N–H and O–H groups in total. The molecule has 0 aliphatic carbocycles. The van der Waals surface area contributed by atoms with Crippen LogP contribution in [0.4, 0.5) is 0 Å². The van der Waals surface area contributed by atoms with Crippen molar-refractivity contribution in [3.63, 3.8) is 0 Å². The Morgan fingerprint density at radius 1 is 0.338 bits per heavy atom. The van der Waals surface area contributed by atoms with Gasteiger partial charge in [0.15, 0.2) is 0 Å². The van der Waals surface area contributed by atoms with E-state index in [0.717, 1.165) is 51.4 Å². The minimum Gasteiger partial charge on any atom is -0.394 e. The molecule has 4 atom stereocenters. The van der Waals surface area contributed by atoms with Gasteiger partial charge in [-0.2, -0.15) is 0 Å². The summed E-state index contributed by atoms with van der Waals surface area (Å²) < 4.78 is 0. The van der Waals surface area contributed by atoms with Crippen molar-refractivity contribution in [3.8, 4) is 0 Å². The van der Waals surface area contributed by atoms with E-state index in [4.69, 9.17) is 0 Å². The number of aliphatic hydroxyl groups excluding tert-OH is 4. The molecule has 6 heteroatoms. The van der Waals surface area contributed by atoms with E-state index in [1.54, 1.807) is 0 Å². The van der Waals surface area contributed by atoms with Gasteiger partial charge in [-0.1, -0.05) is 314 Å². The third-order valence-corrected chi connectivity index (χ3v) is 15.1. The van der Waals surface area contributed by atoms with Gasteiger partial charge in [0.25, 0.3) is 0 Å². The molecule has 0 aromatic heterocycles. The minimum atomic E-state index is -1.29. The highest BCUT2D eigenvalue weighted by molar-refractivity contribution is 5.80. The average molecular weight is 1000 g/mol. The lowest BCUT2D eigenvalue weighted by molar-refractivity contribution is -0.132. The van der Waals surface area contributed by atoms with Crippen molar-refractivity contribution >= 4 is 5.91 Å². The van der Waals surface area contributed by atoms with Crippen molar-refractivity contribution in [1.29, 1.82) is 0 Å². The van der Waals surface area contributed by atoms with Crippen LogP contribution in [0.25, 0.3) is 0 Å². The second kappa shape index (κ2) is 59.4. The maximum atomic E-state index is 12.6. The summed E-state index contributed by atoms with van der Waals surface area (Å²) in [5, 5.41) is 44.1. The zero-order chi connectivity index (χ0) is 51.6. The molecule has 4 unspecified atom stereocenters. The number of hydrogen-bond donors (Lipinski definition) is 5. The predicted octanol–water partition coefficient (Wildman–Crippen LogP) is 19.1. The second-order valence-electron chi connectivity index (χ2n) is 22.1. The van der Waals surface area contributed by atoms with E-state index in [0.29, 0.717) is 19.3 Å². The van der Waals surface area contributed by atoms with Crippen molar-refractivity contribution in [2.75, 3.05) is 6.61 Å². The molecule has 0 aromatic rings. The van der Waals surface area contributed by atoms with Crippen molar-refractivity contribution in [1.82, 2.24) is 5.32 Å². The molecule has 6 nitrogen and oxygen atoms in total. The summed E-state index contributed by atoms with van der Waals surface area (Å²) in [6, 6.07) is -1.01. The highest BCUT2D eigenvalue weighted by Gasteiger charge is 2.28. The number of carbonyl (C=O) groups excluding carboxylic acids is 1. The standard InChI is InChI=1S/C65H125NO5/c1-3-5-7-9-11-13-15-17-19-21-23-25-27-29-30-31-32-33-35-36-38-40-42-44-46-48-50-52-54-56-58-62(68)64(70)61(60-67)66-65(71)63(69)59-57-55-53-51-49-47-45-43-41-39-37-34-28-26-24-22-20-18-16-14-12-10-8-6-4-2/h35-36,42,44,50,52,61-64,67-70H,3-34,37-41,43,45-49,51,53-60H2,1-2H3,(H,66,71)/b36-35+,44-42+,52-50+. The Balaban J connectivity index is 3.65. The van der Waals surface area contributed by atoms with Crippen LogP contribution in [-0.4, -0.2) is 57.3 Å². The summed E-state index contributed by atoms with van der Waals surface area (Å²) in [5.41, 5.74) is 0. The maximum Gasteiger partial charge on any atom is 0.249 e. The molecular weight excluding hydrogens is 875 g/mol. The van der Waals surface area contributed by atoms with E-state index < -0.39 is 36.9 Å². The zero-order valence-corrected chi connectivity index (χ0v) is 47.7. The fraction of sp³-hybridized carbons (Fsp3) is 0.892. The van der Waals surface area contributed by atoms with Gasteiger partial charge >= 0.3 is 0 Å². The molecule has 1 amide bonds. The summed E-state index contributed by atoms with van der Waals surface area (Å²) in [4.78, 5) is 12.6. The van der Waals surface area contributed by atoms with Gasteiger partial charge in [0, 0.05) is 0 Å². The Labute approximate surface area is 443 Å². The average Bonchev–Trinajstić information content (AvgIpc) is 3.38. The first-order valence-electron chi connectivity index (χ1n) is 31.9. The fourth-order valence-electron chi connectivity index (χ4n) is 10.1. The lowest BCUT2D eigenvalue weighted by atomic mass is 10.00. The third-order valence-electron chi connectivity index (χ3n) is 15.1. The van der Waals surface area contributed by atoms with Gasteiger partial charge in [0.2, 0.25) is 5.91 Å². The van der Waals surface area contributed by atoms with Gasteiger partial charge in [-0.3, -0.25) is 4.79 Å². The molecule has 0 rings (SSSR count). The molecule has 0 fully saturated rings. The number of unbranched alkanes of at least 4 members (excludes halogenated alkanes) is 44. The lowest BCUT2D eigenvalue weighted by Crippen LogP contribution is -2.53. The Kier molecular flexibility index (Phi) is 58.2. The Morgan fingerprint density at radius 3 is 0.887 bits per heavy atom. The van der Waals surface area contributed by atoms with Crippen LogP contribution in [0.1, 0.15) is 341 Å². The molecule has 0 saturated heterocycles. The van der Waals surface area contributed by atoms with Crippen LogP contribution < -0.4 is 5.32 Å². The number of amides is 1. The smallest absolute Gasteiger partial charge is 0.249 e. The van der Waals surface area contributed by atoms with Crippen molar-refractivity contribution in [3.05, 3.63) is 36.5 Å². The third kappa shape index (κ3) is 53.2. The van der Waals surface area contributed by atoms with E-state index in [1.807, 2.05) is 0 Å². The van der Waals surface area contributed by atoms with Gasteiger partial charge in [0.1, 0.15) is 12.2 Å². The summed E-state index contributed by atoms with van der Waals surface area (Å²) in [7, 11) is 0. The van der Waals surface area contributed by atoms with Crippen LogP contribution in [0.15, 0.2) is 36.5 Å². The van der Waals surface area contributed by atoms with Gasteiger partial charge in [0.05, 0.1) is 18.8 Å². The normalized spacial score (nSPS) is 13.8. The molecule has 0 heterocycles. The highest BCUT2D eigenvalue weighted by atomic mass is 16.3. The van der Waals surface area contributed by atoms with Crippen LogP contribution >= 0.6 is 0 Å². The molecule has 0 aliphatic rings. The minimum absolute atomic E-state index is 0.362. The van der Waals surface area contributed by atoms with Crippen LogP contribution in [0.5, 0.6) is 0 Å². The van der Waals surface area contributed by atoms with Crippen molar-refractivity contribution in [2.45, 2.75) is 366 Å². The Morgan fingerprint density at radius 2 is 0.592 bits per heavy atom. The lowest BCUT2D eigenvalue weighted by Gasteiger charge is -2.27. The van der Waals surface area contributed by atoms with Crippen LogP contribution in [0.3, 0.4) is 0 Å². The summed E-state index contributed by atoms with van der Waals surface area (Å²) in [6.07, 6.45) is 75.3. The van der Waals surface area contributed by atoms with Crippen LogP contribution in [0.2, 0.25) is 0 Å². The Bertz CT molecular complexity index is 1120. The number of carbonyl (C=O) groups is 1. The first-order valence-corrected chi connectivity index (χ1v) is 31.9. The van der Waals surface area contributed by atoms with E-state index in [9.17, 15) is 25.2 Å². The zero-order valence-electron chi connectivity index (χ0n) is 47.7. The van der Waals surface area contributed by atoms with Gasteiger partial charge in [-0.05, 0) is 64.2 Å². The molecule has 0 bridgehead atoms.